The molecule has 0 bridgehead atoms. The Balaban J connectivity index is 1.64. The molecule has 0 aliphatic carbocycles. The third-order valence-corrected chi connectivity index (χ3v) is 3.97. The number of nitrogens with zero attached hydrogens (tertiary/aromatic N) is 2. The van der Waals surface area contributed by atoms with Crippen LogP contribution < -0.4 is 0 Å². The summed E-state index contributed by atoms with van der Waals surface area (Å²) in [5.74, 6) is 0.773. The molecule has 5 nitrogen and oxygen atoms in total. The highest BCUT2D eigenvalue weighted by molar-refractivity contribution is 5.79. The molecule has 18 heavy (non-hydrogen) atoms. The molecular formula is C13H19N3O2. The lowest BCUT2D eigenvalue weighted by Gasteiger charge is -2.33. The molecule has 3 rings (SSSR count). The fourth-order valence-corrected chi connectivity index (χ4v) is 2.91. The summed E-state index contributed by atoms with van der Waals surface area (Å²) in [6.45, 7) is 3.04. The van der Waals surface area contributed by atoms with Gasteiger partial charge in [-0.25, -0.2) is 0 Å². The lowest BCUT2D eigenvalue weighted by Crippen LogP contribution is -2.42. The van der Waals surface area contributed by atoms with Crippen molar-refractivity contribution in [1.29, 1.82) is 0 Å². The molecule has 0 unspecified atom stereocenters. The van der Waals surface area contributed by atoms with Crippen molar-refractivity contribution in [2.75, 3.05) is 26.3 Å². The number of piperidine rings is 1. The third kappa shape index (κ3) is 2.27. The average molecular weight is 249 g/mol. The van der Waals surface area contributed by atoms with Crippen LogP contribution in [0.1, 0.15) is 30.9 Å². The predicted octanol–water partition coefficient (Wildman–Crippen LogP) is 1.15. The molecule has 98 valence electrons. The van der Waals surface area contributed by atoms with Crippen molar-refractivity contribution in [2.24, 2.45) is 5.92 Å². The molecule has 2 saturated heterocycles. The van der Waals surface area contributed by atoms with E-state index in [1.54, 1.807) is 6.20 Å². The Morgan fingerprint density at radius 3 is 3.17 bits per heavy atom. The van der Waals surface area contributed by atoms with Gasteiger partial charge in [0.25, 0.3) is 0 Å². The molecule has 5 heteroatoms. The second-order valence-electron chi connectivity index (χ2n) is 5.20. The Kier molecular flexibility index (Phi) is 3.32. The van der Waals surface area contributed by atoms with Crippen LogP contribution in [-0.4, -0.2) is 47.3 Å². The number of likely N-dealkylation sites (tertiary alicyclic amines) is 1. The van der Waals surface area contributed by atoms with E-state index >= 15 is 0 Å². The van der Waals surface area contributed by atoms with E-state index < -0.39 is 0 Å². The summed E-state index contributed by atoms with van der Waals surface area (Å²) >= 11 is 0. The molecule has 2 fully saturated rings. The molecule has 1 N–H and O–H groups in total. The second kappa shape index (κ2) is 5.10. The van der Waals surface area contributed by atoms with Gasteiger partial charge < -0.3 is 9.64 Å². The number of hydrogen-bond donors (Lipinski definition) is 1. The maximum Gasteiger partial charge on any atom is 0.228 e. The van der Waals surface area contributed by atoms with Crippen molar-refractivity contribution in [3.63, 3.8) is 0 Å². The Bertz CT molecular complexity index is 398. The molecule has 3 heterocycles. The van der Waals surface area contributed by atoms with Gasteiger partial charge in [0.15, 0.2) is 0 Å². The van der Waals surface area contributed by atoms with Gasteiger partial charge in [0.2, 0.25) is 5.91 Å². The fourth-order valence-electron chi connectivity index (χ4n) is 2.91. The standard InChI is InChI=1S/C13H19N3O2/c17-13(11-4-7-18-9-11)16-6-1-2-10(8-16)12-3-5-14-15-12/h3,5,10-11H,1-2,4,6-9H2,(H,14,15)/t10-,11+/m0/s1. The minimum atomic E-state index is 0.0884. The number of ether oxygens (including phenoxy) is 1. The maximum atomic E-state index is 12.3. The van der Waals surface area contributed by atoms with Gasteiger partial charge in [0.05, 0.1) is 12.5 Å². The molecule has 0 saturated carbocycles. The topological polar surface area (TPSA) is 58.2 Å². The van der Waals surface area contributed by atoms with E-state index in [1.807, 2.05) is 11.0 Å². The Morgan fingerprint density at radius 2 is 2.44 bits per heavy atom. The summed E-state index contributed by atoms with van der Waals surface area (Å²) < 4.78 is 5.30. The van der Waals surface area contributed by atoms with Gasteiger partial charge in [-0.2, -0.15) is 5.10 Å². The van der Waals surface area contributed by atoms with Crippen molar-refractivity contribution in [2.45, 2.75) is 25.2 Å². The monoisotopic (exact) mass is 249 g/mol. The fraction of sp³-hybridized carbons (Fsp3) is 0.692. The Morgan fingerprint density at radius 1 is 1.50 bits per heavy atom. The Labute approximate surface area is 107 Å². The van der Waals surface area contributed by atoms with Gasteiger partial charge in [-0.3, -0.25) is 9.89 Å². The average Bonchev–Trinajstić information content (AvgIpc) is 3.11. The molecule has 0 aromatic carbocycles. The van der Waals surface area contributed by atoms with E-state index in [9.17, 15) is 4.79 Å². The van der Waals surface area contributed by atoms with Crippen LogP contribution in [0, 0.1) is 5.92 Å². The highest BCUT2D eigenvalue weighted by Gasteiger charge is 2.31. The number of aromatic amines is 1. The SMILES string of the molecule is O=C([C@@H]1CCOC1)N1CCC[C@H](c2ccn[nH]2)C1. The first-order valence-electron chi connectivity index (χ1n) is 6.70. The quantitative estimate of drug-likeness (QED) is 0.855. The minimum Gasteiger partial charge on any atom is -0.381 e. The van der Waals surface area contributed by atoms with Crippen LogP contribution in [0.15, 0.2) is 12.3 Å². The lowest BCUT2D eigenvalue weighted by atomic mass is 9.93. The van der Waals surface area contributed by atoms with Crippen molar-refractivity contribution >= 4 is 5.91 Å². The summed E-state index contributed by atoms with van der Waals surface area (Å²) in [4.78, 5) is 14.3. The first kappa shape index (κ1) is 11.7. The van der Waals surface area contributed by atoms with Crippen LogP contribution in [0.25, 0.3) is 0 Å². The summed E-state index contributed by atoms with van der Waals surface area (Å²) in [6, 6.07) is 2.01. The number of rotatable bonds is 2. The van der Waals surface area contributed by atoms with E-state index in [0.29, 0.717) is 12.5 Å². The van der Waals surface area contributed by atoms with Gasteiger partial charge >= 0.3 is 0 Å². The van der Waals surface area contributed by atoms with E-state index in [-0.39, 0.29) is 11.8 Å². The number of H-pyrrole nitrogens is 1. The number of carbonyl (C=O) groups excluding carboxylic acids is 1. The number of nitrogens with one attached hydrogen (secondary N) is 1. The van der Waals surface area contributed by atoms with Crippen molar-refractivity contribution in [1.82, 2.24) is 15.1 Å². The van der Waals surface area contributed by atoms with Gasteiger partial charge in [-0.05, 0) is 25.3 Å². The molecule has 0 radical (unpaired) electrons. The first-order valence-corrected chi connectivity index (χ1v) is 6.70. The van der Waals surface area contributed by atoms with Crippen LogP contribution in [0.2, 0.25) is 0 Å². The van der Waals surface area contributed by atoms with E-state index in [1.165, 1.54) is 0 Å². The summed E-state index contributed by atoms with van der Waals surface area (Å²) in [6.07, 6.45) is 4.86. The largest absolute Gasteiger partial charge is 0.381 e. The van der Waals surface area contributed by atoms with E-state index in [4.69, 9.17) is 4.74 Å². The van der Waals surface area contributed by atoms with Crippen LogP contribution >= 0.6 is 0 Å². The van der Waals surface area contributed by atoms with Crippen LogP contribution in [0.5, 0.6) is 0 Å². The summed E-state index contributed by atoms with van der Waals surface area (Å²) in [7, 11) is 0. The third-order valence-electron chi connectivity index (χ3n) is 3.97. The number of aromatic nitrogens is 2. The number of hydrogen-bond acceptors (Lipinski definition) is 3. The normalized spacial score (nSPS) is 28.6. The van der Waals surface area contributed by atoms with Crippen molar-refractivity contribution in [3.8, 4) is 0 Å². The minimum absolute atomic E-state index is 0.0884. The molecular weight excluding hydrogens is 230 g/mol. The zero-order valence-corrected chi connectivity index (χ0v) is 10.5. The number of amides is 1. The summed E-state index contributed by atoms with van der Waals surface area (Å²) in [5, 5.41) is 7.02. The van der Waals surface area contributed by atoms with Crippen LogP contribution in [0.3, 0.4) is 0 Å². The van der Waals surface area contributed by atoms with E-state index in [0.717, 1.165) is 44.7 Å². The van der Waals surface area contributed by atoms with E-state index in [2.05, 4.69) is 10.2 Å². The van der Waals surface area contributed by atoms with Gasteiger partial charge in [-0.1, -0.05) is 0 Å². The molecule has 1 amide bonds. The van der Waals surface area contributed by atoms with Crippen LogP contribution in [-0.2, 0) is 9.53 Å². The van der Waals surface area contributed by atoms with Gasteiger partial charge in [0, 0.05) is 37.5 Å². The molecule has 2 aliphatic rings. The molecule has 1 aromatic heterocycles. The first-order chi connectivity index (χ1) is 8.84. The summed E-state index contributed by atoms with van der Waals surface area (Å²) in [5.41, 5.74) is 1.15. The molecule has 0 spiro atoms. The Hall–Kier alpha value is -1.36. The molecule has 2 atom stereocenters. The van der Waals surface area contributed by atoms with Crippen molar-refractivity contribution in [3.05, 3.63) is 18.0 Å². The predicted molar refractivity (Wildman–Crippen MR) is 66.1 cm³/mol. The zero-order valence-electron chi connectivity index (χ0n) is 10.5. The van der Waals surface area contributed by atoms with Gasteiger partial charge in [0.1, 0.15) is 0 Å². The van der Waals surface area contributed by atoms with Crippen LogP contribution in [0.4, 0.5) is 0 Å². The number of carbonyl (C=O) groups is 1. The zero-order chi connectivity index (χ0) is 12.4. The highest BCUT2D eigenvalue weighted by Crippen LogP contribution is 2.27. The smallest absolute Gasteiger partial charge is 0.228 e. The van der Waals surface area contributed by atoms with Crippen molar-refractivity contribution < 1.29 is 9.53 Å². The maximum absolute atomic E-state index is 12.3. The molecule has 1 aromatic rings. The molecule has 2 aliphatic heterocycles. The van der Waals surface area contributed by atoms with Gasteiger partial charge in [-0.15, -0.1) is 0 Å². The lowest BCUT2D eigenvalue weighted by molar-refractivity contribution is -0.136. The second-order valence-corrected chi connectivity index (χ2v) is 5.20. The highest BCUT2D eigenvalue weighted by atomic mass is 16.5.